The van der Waals surface area contributed by atoms with Crippen molar-refractivity contribution in [2.45, 2.75) is 0 Å². The van der Waals surface area contributed by atoms with Crippen LogP contribution in [0.4, 0.5) is 20.6 Å². The van der Waals surface area contributed by atoms with Crippen LogP contribution in [0.2, 0.25) is 0 Å². The summed E-state index contributed by atoms with van der Waals surface area (Å²) < 4.78 is 19.1. The van der Waals surface area contributed by atoms with Crippen LogP contribution in [0.5, 0.6) is 0 Å². The molecule has 3 rings (SSSR count). The monoisotopic (exact) mass is 443 g/mol. The zero-order chi connectivity index (χ0) is 22.4. The number of hydroxylamine groups is 1. The maximum atomic E-state index is 14.1. The number of likely N-dealkylation sites (N-methyl/N-ethyl adjacent to an activating group) is 1. The number of amides is 2. The third-order valence-corrected chi connectivity index (χ3v) is 5.19. The summed E-state index contributed by atoms with van der Waals surface area (Å²) in [6.07, 6.45) is -0.606. The Balaban J connectivity index is 1.67. The van der Waals surface area contributed by atoms with Gasteiger partial charge in [0.05, 0.1) is 5.69 Å². The lowest BCUT2D eigenvalue weighted by atomic mass is 10.1. The average molecular weight is 444 g/mol. The van der Waals surface area contributed by atoms with Gasteiger partial charge in [0.25, 0.3) is 5.91 Å². The van der Waals surface area contributed by atoms with E-state index in [2.05, 4.69) is 5.32 Å². The summed E-state index contributed by atoms with van der Waals surface area (Å²) in [4.78, 5) is 27.1. The molecule has 0 aliphatic heterocycles. The Hall–Kier alpha value is -3.27. The van der Waals surface area contributed by atoms with E-state index in [1.165, 1.54) is 47.7 Å². The van der Waals surface area contributed by atoms with E-state index in [9.17, 15) is 19.2 Å². The van der Waals surface area contributed by atoms with Crippen molar-refractivity contribution >= 4 is 34.7 Å². The number of hydrogen-bond donors (Lipinski definition) is 2. The molecule has 1 heterocycles. The van der Waals surface area contributed by atoms with Crippen LogP contribution in [-0.2, 0) is 4.74 Å². The quantitative estimate of drug-likeness (QED) is 0.409. The lowest BCUT2D eigenvalue weighted by Crippen LogP contribution is -2.27. The SMILES string of the molecule is CN(C)CCOC(=O)Nc1ccc(C(=O)N(O)c2cc(F)cc(-c3cccs3)c2)cc1. The fourth-order valence-corrected chi connectivity index (χ4v) is 3.41. The predicted octanol–water partition coefficient (Wildman–Crippen LogP) is 4.70. The van der Waals surface area contributed by atoms with E-state index in [0.29, 0.717) is 22.9 Å². The van der Waals surface area contributed by atoms with E-state index in [0.717, 1.165) is 10.9 Å². The third kappa shape index (κ3) is 6.11. The van der Waals surface area contributed by atoms with Crippen molar-refractivity contribution in [1.82, 2.24) is 4.90 Å². The standard InChI is InChI=1S/C22H22FN3O4S/c1-25(2)9-10-30-22(28)24-18-7-5-15(6-8-18)21(27)26(29)19-13-16(12-17(23)14-19)20-4-3-11-31-20/h3-8,11-14,29H,9-10H2,1-2H3,(H,24,28). The zero-order valence-electron chi connectivity index (χ0n) is 17.0. The van der Waals surface area contributed by atoms with Crippen molar-refractivity contribution in [1.29, 1.82) is 0 Å². The molecule has 1 aromatic heterocycles. The number of benzene rings is 2. The summed E-state index contributed by atoms with van der Waals surface area (Å²) in [7, 11) is 3.74. The van der Waals surface area contributed by atoms with E-state index in [-0.39, 0.29) is 17.9 Å². The first-order valence-electron chi connectivity index (χ1n) is 9.40. The fourth-order valence-electron chi connectivity index (χ4n) is 2.69. The second-order valence-electron chi connectivity index (χ2n) is 6.93. The van der Waals surface area contributed by atoms with Gasteiger partial charge in [0.1, 0.15) is 12.4 Å². The van der Waals surface area contributed by atoms with E-state index >= 15 is 0 Å². The number of halogens is 1. The third-order valence-electron chi connectivity index (χ3n) is 4.28. The summed E-state index contributed by atoms with van der Waals surface area (Å²) >= 11 is 1.42. The highest BCUT2D eigenvalue weighted by molar-refractivity contribution is 7.13. The van der Waals surface area contributed by atoms with Crippen LogP contribution >= 0.6 is 11.3 Å². The molecule has 0 bridgehead atoms. The van der Waals surface area contributed by atoms with Crippen LogP contribution < -0.4 is 10.4 Å². The number of nitrogens with one attached hydrogen (secondary N) is 1. The van der Waals surface area contributed by atoms with Gasteiger partial charge in [-0.3, -0.25) is 15.3 Å². The summed E-state index contributed by atoms with van der Waals surface area (Å²) in [5, 5.41) is 15.2. The lowest BCUT2D eigenvalue weighted by Gasteiger charge is -2.16. The van der Waals surface area contributed by atoms with Crippen molar-refractivity contribution in [3.63, 3.8) is 0 Å². The second kappa shape index (κ2) is 10.2. The smallest absolute Gasteiger partial charge is 0.411 e. The van der Waals surface area contributed by atoms with E-state index in [4.69, 9.17) is 4.74 Å². The normalized spacial score (nSPS) is 10.7. The minimum atomic E-state index is -0.733. The predicted molar refractivity (Wildman–Crippen MR) is 118 cm³/mol. The number of nitrogens with zero attached hydrogens (tertiary/aromatic N) is 2. The first-order chi connectivity index (χ1) is 14.8. The minimum absolute atomic E-state index is 0.0140. The van der Waals surface area contributed by atoms with E-state index in [1.54, 1.807) is 0 Å². The van der Waals surface area contributed by atoms with Crippen LogP contribution in [0.25, 0.3) is 10.4 Å². The van der Waals surface area contributed by atoms with E-state index < -0.39 is 17.8 Å². The van der Waals surface area contributed by atoms with Gasteiger partial charge in [-0.25, -0.2) is 9.18 Å². The number of carbonyl (C=O) groups excluding carboxylic acids is 2. The van der Waals surface area contributed by atoms with Crippen molar-refractivity contribution in [3.05, 3.63) is 71.4 Å². The van der Waals surface area contributed by atoms with Crippen LogP contribution in [0.15, 0.2) is 60.0 Å². The molecule has 0 spiro atoms. The largest absolute Gasteiger partial charge is 0.448 e. The molecular formula is C22H22FN3O4S. The van der Waals surface area contributed by atoms with Crippen LogP contribution in [0.1, 0.15) is 10.4 Å². The molecule has 0 saturated carbocycles. The first kappa shape index (κ1) is 22.4. The molecule has 3 aromatic rings. The maximum Gasteiger partial charge on any atom is 0.411 e. The first-order valence-corrected chi connectivity index (χ1v) is 10.3. The van der Waals surface area contributed by atoms with Crippen molar-refractivity contribution in [3.8, 4) is 10.4 Å². The Bertz CT molecular complexity index is 1040. The van der Waals surface area contributed by atoms with Crippen molar-refractivity contribution in [2.75, 3.05) is 37.6 Å². The molecule has 2 N–H and O–H groups in total. The van der Waals surface area contributed by atoms with Crippen LogP contribution in [0.3, 0.4) is 0 Å². The molecule has 9 heteroatoms. The highest BCUT2D eigenvalue weighted by Gasteiger charge is 2.18. The molecular weight excluding hydrogens is 421 g/mol. The Kier molecular flexibility index (Phi) is 7.35. The highest BCUT2D eigenvalue weighted by atomic mass is 32.1. The molecule has 0 aliphatic rings. The lowest BCUT2D eigenvalue weighted by molar-refractivity contribution is 0.0854. The fraction of sp³-hybridized carbons (Fsp3) is 0.182. The molecule has 2 amide bonds. The topological polar surface area (TPSA) is 82.1 Å². The molecule has 0 fully saturated rings. The van der Waals surface area contributed by atoms with Crippen molar-refractivity contribution < 1.29 is 23.9 Å². The molecule has 0 radical (unpaired) electrons. The molecule has 0 saturated heterocycles. The molecule has 0 unspecified atom stereocenters. The number of rotatable bonds is 7. The van der Waals surface area contributed by atoms with Crippen molar-refractivity contribution in [2.24, 2.45) is 0 Å². The van der Waals surface area contributed by atoms with Gasteiger partial charge in [-0.15, -0.1) is 11.3 Å². The Labute approximate surface area is 183 Å². The molecule has 0 atom stereocenters. The number of carbonyl (C=O) groups is 2. The second-order valence-corrected chi connectivity index (χ2v) is 7.88. The number of thiophene rings is 1. The Morgan fingerprint density at radius 2 is 1.87 bits per heavy atom. The van der Waals surface area contributed by atoms with Gasteiger partial charge in [0, 0.05) is 28.7 Å². The van der Waals surface area contributed by atoms with Gasteiger partial charge in [0.15, 0.2) is 0 Å². The van der Waals surface area contributed by atoms with Gasteiger partial charge in [0.2, 0.25) is 0 Å². The van der Waals surface area contributed by atoms with Gasteiger partial charge >= 0.3 is 6.09 Å². The Morgan fingerprint density at radius 1 is 1.13 bits per heavy atom. The van der Waals surface area contributed by atoms with Gasteiger partial charge in [-0.1, -0.05) is 6.07 Å². The number of hydrogen-bond acceptors (Lipinski definition) is 6. The minimum Gasteiger partial charge on any atom is -0.448 e. The number of ether oxygens (including phenoxy) is 1. The van der Waals surface area contributed by atoms with E-state index in [1.807, 2.05) is 36.5 Å². The summed E-state index contributed by atoms with van der Waals surface area (Å²) in [6, 6.07) is 13.5. The highest BCUT2D eigenvalue weighted by Crippen LogP contribution is 2.29. The molecule has 162 valence electrons. The Morgan fingerprint density at radius 3 is 2.52 bits per heavy atom. The summed E-state index contributed by atoms with van der Waals surface area (Å²) in [6.45, 7) is 0.845. The maximum absolute atomic E-state index is 14.1. The molecule has 7 nitrogen and oxygen atoms in total. The average Bonchev–Trinajstić information content (AvgIpc) is 3.27. The summed E-state index contributed by atoms with van der Waals surface area (Å²) in [5.41, 5.74) is 1.17. The van der Waals surface area contributed by atoms with Crippen LogP contribution in [0, 0.1) is 5.82 Å². The zero-order valence-corrected chi connectivity index (χ0v) is 17.9. The molecule has 31 heavy (non-hydrogen) atoms. The molecule has 0 aliphatic carbocycles. The van der Waals surface area contributed by atoms with Gasteiger partial charge in [-0.05, 0) is 67.5 Å². The van der Waals surface area contributed by atoms with Crippen LogP contribution in [-0.4, -0.2) is 49.4 Å². The molecule has 2 aromatic carbocycles. The summed E-state index contributed by atoms with van der Waals surface area (Å²) in [5.74, 6) is -1.30. The van der Waals surface area contributed by atoms with Gasteiger partial charge in [-0.2, -0.15) is 5.06 Å². The van der Waals surface area contributed by atoms with Gasteiger partial charge < -0.3 is 9.64 Å². The number of anilines is 2.